The molecule has 0 spiro atoms. The van der Waals surface area contributed by atoms with E-state index < -0.39 is 20.0 Å². The molecule has 6 N–H and O–H groups in total. The molecule has 0 saturated heterocycles. The molecule has 0 aromatic rings. The lowest BCUT2D eigenvalue weighted by Crippen LogP contribution is -2.35. The molecular formula is C48H108Cl4N6O4S2. The molecule has 0 aliphatic carbocycles. The minimum atomic E-state index is -3.26. The van der Waals surface area contributed by atoms with Crippen molar-refractivity contribution in [2.24, 2.45) is 5.73 Å². The molecule has 0 rings (SSSR count). The van der Waals surface area contributed by atoms with Crippen LogP contribution >= 0.6 is 49.6 Å². The number of sulfonamides is 2. The lowest BCUT2D eigenvalue weighted by molar-refractivity contribution is 0.263. The molecule has 0 aromatic carbocycles. The Balaban J connectivity index is -0.00000290. The van der Waals surface area contributed by atoms with Crippen LogP contribution < -0.4 is 25.8 Å². The van der Waals surface area contributed by atoms with Crippen molar-refractivity contribution < 1.29 is 16.8 Å². The van der Waals surface area contributed by atoms with Gasteiger partial charge in [-0.2, -0.15) is 0 Å². The van der Waals surface area contributed by atoms with E-state index in [1.807, 2.05) is 0 Å². The fourth-order valence-corrected chi connectivity index (χ4v) is 10.3. The second-order valence-corrected chi connectivity index (χ2v) is 21.7. The van der Waals surface area contributed by atoms with Gasteiger partial charge in [-0.05, 0) is 104 Å². The highest BCUT2D eigenvalue weighted by molar-refractivity contribution is 7.89. The quantitative estimate of drug-likeness (QED) is 0.0379. The van der Waals surface area contributed by atoms with Crippen LogP contribution in [0.4, 0.5) is 0 Å². The van der Waals surface area contributed by atoms with E-state index in [4.69, 9.17) is 5.73 Å². The van der Waals surface area contributed by atoms with E-state index in [0.29, 0.717) is 13.1 Å². The van der Waals surface area contributed by atoms with Crippen LogP contribution in [0.5, 0.6) is 0 Å². The summed E-state index contributed by atoms with van der Waals surface area (Å²) in [7, 11) is -6.52. The zero-order valence-electron chi connectivity index (χ0n) is 41.6. The van der Waals surface area contributed by atoms with E-state index >= 15 is 0 Å². The second kappa shape index (κ2) is 58.1. The Kier molecular flexibility index (Phi) is 67.0. The molecular weight excluding hydrogens is 931 g/mol. The minimum absolute atomic E-state index is 0. The number of halogens is 4. The second-order valence-electron chi connectivity index (χ2n) is 17.9. The first-order valence-electron chi connectivity index (χ1n) is 26.0. The molecule has 10 nitrogen and oxygen atoms in total. The zero-order valence-corrected chi connectivity index (χ0v) is 46.5. The molecule has 0 heterocycles. The highest BCUT2D eigenvalue weighted by Crippen LogP contribution is 2.15. The Labute approximate surface area is 423 Å². The fourth-order valence-electron chi connectivity index (χ4n) is 7.92. The van der Waals surface area contributed by atoms with Crippen molar-refractivity contribution in [1.82, 2.24) is 25.0 Å². The summed E-state index contributed by atoms with van der Waals surface area (Å²) in [5.74, 6) is 0.424. The predicted octanol–water partition coefficient (Wildman–Crippen LogP) is 12.3. The van der Waals surface area contributed by atoms with Crippen LogP contribution in [0.1, 0.15) is 232 Å². The van der Waals surface area contributed by atoms with Gasteiger partial charge in [-0.1, -0.05) is 181 Å². The molecule has 0 amide bonds. The molecule has 0 unspecified atom stereocenters. The van der Waals surface area contributed by atoms with Gasteiger partial charge in [-0.15, -0.1) is 49.6 Å². The molecule has 64 heavy (non-hydrogen) atoms. The maximum Gasteiger partial charge on any atom is 0.211 e. The van der Waals surface area contributed by atoms with Crippen LogP contribution in [-0.4, -0.2) is 98.7 Å². The van der Waals surface area contributed by atoms with E-state index in [1.54, 1.807) is 0 Å². The summed E-state index contributed by atoms with van der Waals surface area (Å²) in [5.41, 5.74) is 5.56. The van der Waals surface area contributed by atoms with Crippen LogP contribution in [0.25, 0.3) is 0 Å². The molecule has 0 aromatic heterocycles. The van der Waals surface area contributed by atoms with Gasteiger partial charge in [0.25, 0.3) is 0 Å². The van der Waals surface area contributed by atoms with Gasteiger partial charge >= 0.3 is 0 Å². The van der Waals surface area contributed by atoms with Gasteiger partial charge in [-0.25, -0.2) is 26.3 Å². The normalized spacial score (nSPS) is 11.6. The molecule has 0 aliphatic rings. The SMILES string of the molecule is CCCCCCCCCCCCCCCCS(=O)(=O)NCCCN(CCCNCCCCNCCCN)CCCNS(=O)(=O)CCCCCCCCCCCCCCCC.Cl.Cl.Cl.Cl. The van der Waals surface area contributed by atoms with E-state index in [0.717, 1.165) is 129 Å². The molecule has 16 heteroatoms. The minimum Gasteiger partial charge on any atom is -0.330 e. The number of nitrogens with zero attached hydrogens (tertiary/aromatic N) is 1. The number of nitrogens with two attached hydrogens (primary N) is 1. The van der Waals surface area contributed by atoms with E-state index in [-0.39, 0.29) is 61.1 Å². The summed E-state index contributed by atoms with van der Waals surface area (Å²) < 4.78 is 56.5. The number of rotatable bonds is 52. The van der Waals surface area contributed by atoms with E-state index in [9.17, 15) is 16.8 Å². The summed E-state index contributed by atoms with van der Waals surface area (Å²) in [6.45, 7) is 12.6. The highest BCUT2D eigenvalue weighted by atomic mass is 35.5. The fraction of sp³-hybridized carbons (Fsp3) is 1.00. The molecule has 0 radical (unpaired) electrons. The third-order valence-electron chi connectivity index (χ3n) is 11.8. The standard InChI is InChI=1S/C48H104N6O4S2.4ClH/c1-3-5-7-9-11-13-15-17-19-21-23-25-27-31-47-59(55,56)52-42-35-45-54(44-34-41-51-39-30-29-38-50-40-33-37-49)46-36-43-53-60(57,58)48-32-28-26-24-22-20-18-16-14-12-10-8-6-4-2;;;;/h50-53H,3-49H2,1-2H3;4*1H. The number of nitrogens with one attached hydrogen (secondary N) is 4. The maximum atomic E-state index is 12.7. The van der Waals surface area contributed by atoms with Gasteiger partial charge in [-0.3, -0.25) is 0 Å². The van der Waals surface area contributed by atoms with Crippen molar-refractivity contribution in [1.29, 1.82) is 0 Å². The first-order chi connectivity index (χ1) is 29.3. The van der Waals surface area contributed by atoms with Gasteiger partial charge in [0.05, 0.1) is 11.5 Å². The Bertz CT molecular complexity index is 1020. The third kappa shape index (κ3) is 58.9. The maximum absolute atomic E-state index is 12.7. The number of hydrogen-bond acceptors (Lipinski definition) is 8. The first-order valence-corrected chi connectivity index (χ1v) is 29.3. The van der Waals surface area contributed by atoms with Crippen molar-refractivity contribution >= 4 is 69.7 Å². The Hall–Kier alpha value is 0.820. The Morgan fingerprint density at radius 3 is 0.875 bits per heavy atom. The van der Waals surface area contributed by atoms with E-state index in [2.05, 4.69) is 38.8 Å². The predicted molar refractivity (Wildman–Crippen MR) is 292 cm³/mol. The van der Waals surface area contributed by atoms with Crippen LogP contribution in [0.15, 0.2) is 0 Å². The average Bonchev–Trinajstić information content (AvgIpc) is 3.22. The van der Waals surface area contributed by atoms with Crippen molar-refractivity contribution in [2.45, 2.75) is 232 Å². The summed E-state index contributed by atoms with van der Waals surface area (Å²) in [6, 6.07) is 0. The van der Waals surface area contributed by atoms with Crippen molar-refractivity contribution in [3.8, 4) is 0 Å². The summed E-state index contributed by atoms with van der Waals surface area (Å²) in [4.78, 5) is 2.37. The van der Waals surface area contributed by atoms with E-state index in [1.165, 1.54) is 141 Å². The van der Waals surface area contributed by atoms with Gasteiger partial charge in [0.2, 0.25) is 20.0 Å². The van der Waals surface area contributed by atoms with Crippen molar-refractivity contribution in [3.05, 3.63) is 0 Å². The summed E-state index contributed by atoms with van der Waals surface area (Å²) in [5, 5.41) is 7.00. The van der Waals surface area contributed by atoms with Crippen LogP contribution in [-0.2, 0) is 20.0 Å². The smallest absolute Gasteiger partial charge is 0.211 e. The highest BCUT2D eigenvalue weighted by Gasteiger charge is 2.12. The van der Waals surface area contributed by atoms with Gasteiger partial charge < -0.3 is 21.3 Å². The van der Waals surface area contributed by atoms with Crippen molar-refractivity contribution in [3.63, 3.8) is 0 Å². The van der Waals surface area contributed by atoms with Crippen LogP contribution in [0.2, 0.25) is 0 Å². The number of unbranched alkanes of at least 4 members (excludes halogenated alkanes) is 27. The van der Waals surface area contributed by atoms with Crippen LogP contribution in [0, 0.1) is 0 Å². The molecule has 0 fully saturated rings. The van der Waals surface area contributed by atoms with Crippen molar-refractivity contribution in [2.75, 3.05) is 77.0 Å². The first kappa shape index (κ1) is 73.8. The summed E-state index contributed by atoms with van der Waals surface area (Å²) >= 11 is 0. The molecule has 394 valence electrons. The zero-order chi connectivity index (χ0) is 43.9. The van der Waals surface area contributed by atoms with Crippen LogP contribution in [0.3, 0.4) is 0 Å². The monoisotopic (exact) mass is 1040 g/mol. The molecule has 0 bridgehead atoms. The lowest BCUT2D eigenvalue weighted by atomic mass is 10.0. The average molecular weight is 1040 g/mol. The Morgan fingerprint density at radius 2 is 0.578 bits per heavy atom. The van der Waals surface area contributed by atoms with Gasteiger partial charge in [0.15, 0.2) is 0 Å². The molecule has 0 saturated carbocycles. The molecule has 0 atom stereocenters. The molecule has 0 aliphatic heterocycles. The third-order valence-corrected chi connectivity index (χ3v) is 14.8. The Morgan fingerprint density at radius 1 is 0.328 bits per heavy atom. The van der Waals surface area contributed by atoms with Gasteiger partial charge in [0.1, 0.15) is 0 Å². The van der Waals surface area contributed by atoms with Gasteiger partial charge in [0, 0.05) is 13.1 Å². The largest absolute Gasteiger partial charge is 0.330 e. The topological polar surface area (TPSA) is 146 Å². The lowest BCUT2D eigenvalue weighted by Gasteiger charge is -2.22. The number of hydrogen-bond donors (Lipinski definition) is 5. The summed E-state index contributed by atoms with van der Waals surface area (Å²) in [6.07, 6.45) is 40.9.